The second-order valence-corrected chi connectivity index (χ2v) is 8.37. The summed E-state index contributed by atoms with van der Waals surface area (Å²) >= 11 is 3.36. The van der Waals surface area contributed by atoms with Crippen LogP contribution >= 0.6 is 15.9 Å². The van der Waals surface area contributed by atoms with E-state index in [2.05, 4.69) is 25.9 Å². The lowest BCUT2D eigenvalue weighted by molar-refractivity contribution is -0.383. The van der Waals surface area contributed by atoms with Gasteiger partial charge in [-0.1, -0.05) is 15.9 Å². The van der Waals surface area contributed by atoms with Crippen molar-refractivity contribution in [2.24, 2.45) is 19.1 Å². The van der Waals surface area contributed by atoms with Gasteiger partial charge in [0.05, 0.1) is 21.6 Å². The maximum absolute atomic E-state index is 12.4. The first-order valence-electron chi connectivity index (χ1n) is 9.74. The lowest BCUT2D eigenvalue weighted by Crippen LogP contribution is -2.31. The van der Waals surface area contributed by atoms with Crippen molar-refractivity contribution in [3.63, 3.8) is 0 Å². The number of fused-ring (bicyclic) bond motifs is 1. The summed E-state index contributed by atoms with van der Waals surface area (Å²) in [6, 6.07) is 7.41. The van der Waals surface area contributed by atoms with Crippen LogP contribution in [-0.4, -0.2) is 34.9 Å². The number of rotatable bonds is 4. The van der Waals surface area contributed by atoms with E-state index in [1.807, 2.05) is 0 Å². The molecule has 13 heteroatoms. The smallest absolute Gasteiger partial charge is 0.335 e. The summed E-state index contributed by atoms with van der Waals surface area (Å²) in [5.74, 6) is -0.685. The summed E-state index contributed by atoms with van der Waals surface area (Å²) in [6.45, 7) is 1.79. The number of nitrogens with one attached hydrogen (secondary N) is 1. The van der Waals surface area contributed by atoms with E-state index in [0.29, 0.717) is 16.7 Å². The number of benzene rings is 2. The molecule has 0 unspecified atom stereocenters. The van der Waals surface area contributed by atoms with Crippen LogP contribution < -0.4 is 16.9 Å². The van der Waals surface area contributed by atoms with Crippen molar-refractivity contribution in [3.8, 4) is 11.6 Å². The van der Waals surface area contributed by atoms with E-state index in [1.54, 1.807) is 25.1 Å². The summed E-state index contributed by atoms with van der Waals surface area (Å²) in [5.41, 5.74) is -1.30. The number of imidazole rings is 1. The van der Waals surface area contributed by atoms with Gasteiger partial charge in [0.1, 0.15) is 11.3 Å². The Labute approximate surface area is 198 Å². The Hall–Kier alpha value is -4.26. The van der Waals surface area contributed by atoms with Crippen molar-refractivity contribution >= 4 is 44.6 Å². The Morgan fingerprint density at radius 1 is 1.12 bits per heavy atom. The van der Waals surface area contributed by atoms with Gasteiger partial charge in [-0.3, -0.25) is 29.0 Å². The number of aryl methyl sites for hydroxylation is 3. The molecule has 0 aliphatic carbocycles. The number of aromatic amines is 1. The van der Waals surface area contributed by atoms with Gasteiger partial charge < -0.3 is 5.11 Å². The quantitative estimate of drug-likeness (QED) is 0.234. The Bertz CT molecular complexity index is 1710. The molecule has 0 atom stereocenters. The molecule has 0 aliphatic rings. The summed E-state index contributed by atoms with van der Waals surface area (Å²) in [4.78, 5) is 54.1. The number of nitro groups is 1. The van der Waals surface area contributed by atoms with Crippen molar-refractivity contribution in [3.05, 3.63) is 87.4 Å². The topological polar surface area (TPSA) is 158 Å². The molecule has 0 saturated carbocycles. The molecular weight excluding hydrogens is 512 g/mol. The Kier molecular flexibility index (Phi) is 5.57. The number of hydrogen-bond donors (Lipinski definition) is 2. The number of halogens is 1. The average molecular weight is 529 g/mol. The van der Waals surface area contributed by atoms with E-state index >= 15 is 0 Å². The summed E-state index contributed by atoms with van der Waals surface area (Å²) in [7, 11) is 3.00. The van der Waals surface area contributed by atoms with Crippen molar-refractivity contribution in [1.29, 1.82) is 0 Å². The molecule has 0 saturated heterocycles. The van der Waals surface area contributed by atoms with Crippen LogP contribution in [0.5, 0.6) is 5.88 Å². The highest BCUT2D eigenvalue weighted by atomic mass is 79.9. The lowest BCUT2D eigenvalue weighted by Gasteiger charge is -2.11. The fourth-order valence-electron chi connectivity index (χ4n) is 3.57. The molecule has 174 valence electrons. The van der Waals surface area contributed by atoms with Crippen LogP contribution in [0.2, 0.25) is 0 Å². The van der Waals surface area contributed by atoms with Gasteiger partial charge in [0.25, 0.3) is 11.2 Å². The molecule has 34 heavy (non-hydrogen) atoms. The minimum Gasteiger partial charge on any atom is -0.493 e. The summed E-state index contributed by atoms with van der Waals surface area (Å²) < 4.78 is 4.25. The van der Waals surface area contributed by atoms with Crippen molar-refractivity contribution in [2.45, 2.75) is 6.92 Å². The van der Waals surface area contributed by atoms with Crippen molar-refractivity contribution < 1.29 is 10.0 Å². The SMILES string of the molecule is Cc1cc(-n2c(O)c(C=Nc3cc4c(cc3[N+](=O)[O-])n(C)c(=O)n4C)c(=O)[nH]c2=O)ccc1Br. The van der Waals surface area contributed by atoms with Crippen LogP contribution in [0.15, 0.2) is 54.2 Å². The molecule has 12 nitrogen and oxygen atoms in total. The van der Waals surface area contributed by atoms with Gasteiger partial charge in [0.15, 0.2) is 0 Å². The third-order valence-electron chi connectivity index (χ3n) is 5.42. The summed E-state index contributed by atoms with van der Waals surface area (Å²) in [5, 5.41) is 22.4. The van der Waals surface area contributed by atoms with E-state index in [9.17, 15) is 29.6 Å². The zero-order valence-electron chi connectivity index (χ0n) is 18.1. The minimum atomic E-state index is -0.924. The number of aliphatic imine (C=N–C) groups is 1. The second kappa shape index (κ2) is 8.26. The van der Waals surface area contributed by atoms with Gasteiger partial charge in [-0.15, -0.1) is 0 Å². The third-order valence-corrected chi connectivity index (χ3v) is 6.31. The van der Waals surface area contributed by atoms with E-state index in [-0.39, 0.29) is 16.9 Å². The highest BCUT2D eigenvalue weighted by Gasteiger charge is 2.20. The zero-order chi connectivity index (χ0) is 24.9. The molecule has 0 fully saturated rings. The van der Waals surface area contributed by atoms with Gasteiger partial charge in [-0.25, -0.2) is 19.1 Å². The van der Waals surface area contributed by atoms with Gasteiger partial charge in [-0.05, 0) is 36.8 Å². The monoisotopic (exact) mass is 528 g/mol. The number of nitro benzene ring substituents is 1. The van der Waals surface area contributed by atoms with E-state index in [4.69, 9.17) is 0 Å². The highest BCUT2D eigenvalue weighted by Crippen LogP contribution is 2.32. The van der Waals surface area contributed by atoms with Crippen LogP contribution in [-0.2, 0) is 14.1 Å². The maximum atomic E-state index is 12.4. The number of nitrogens with zero attached hydrogens (tertiary/aromatic N) is 5. The van der Waals surface area contributed by atoms with Crippen LogP contribution in [0.3, 0.4) is 0 Å². The standard InChI is InChI=1S/C21H17BrN6O6/c1-10-6-11(4-5-13(10)22)27-19(30)12(18(29)24-20(27)31)9-23-14-7-16-17(8-15(14)28(33)34)26(3)21(32)25(16)2/h4-9,30H,1-3H3,(H,24,29,31). The minimum absolute atomic E-state index is 0.144. The Morgan fingerprint density at radius 2 is 1.76 bits per heavy atom. The average Bonchev–Trinajstić information content (AvgIpc) is 2.98. The molecule has 2 heterocycles. The number of hydrogen-bond acceptors (Lipinski definition) is 7. The van der Waals surface area contributed by atoms with Gasteiger partial charge >= 0.3 is 11.4 Å². The van der Waals surface area contributed by atoms with E-state index in [1.165, 1.54) is 35.4 Å². The van der Waals surface area contributed by atoms with Crippen LogP contribution in [0.1, 0.15) is 11.1 Å². The first-order chi connectivity index (χ1) is 16.0. The number of H-pyrrole nitrogens is 1. The molecular formula is C21H17BrN6O6. The predicted molar refractivity (Wildman–Crippen MR) is 129 cm³/mol. The first-order valence-corrected chi connectivity index (χ1v) is 10.5. The maximum Gasteiger partial charge on any atom is 0.335 e. The summed E-state index contributed by atoms with van der Waals surface area (Å²) in [6.07, 6.45) is 0.936. The fourth-order valence-corrected chi connectivity index (χ4v) is 3.82. The lowest BCUT2D eigenvalue weighted by atomic mass is 10.2. The third kappa shape index (κ3) is 3.65. The fraction of sp³-hybridized carbons (Fsp3) is 0.143. The normalized spacial score (nSPS) is 11.5. The molecule has 0 bridgehead atoms. The molecule has 4 aromatic rings. The molecule has 0 spiro atoms. The molecule has 2 aromatic heterocycles. The van der Waals surface area contributed by atoms with Crippen LogP contribution in [0.25, 0.3) is 16.7 Å². The van der Waals surface area contributed by atoms with Crippen LogP contribution in [0.4, 0.5) is 11.4 Å². The van der Waals surface area contributed by atoms with Gasteiger partial charge in [0, 0.05) is 30.8 Å². The second-order valence-electron chi connectivity index (χ2n) is 7.51. The predicted octanol–water partition coefficient (Wildman–Crippen LogP) is 2.15. The highest BCUT2D eigenvalue weighted by molar-refractivity contribution is 9.10. The Morgan fingerprint density at radius 3 is 2.38 bits per heavy atom. The van der Waals surface area contributed by atoms with Crippen molar-refractivity contribution in [2.75, 3.05) is 0 Å². The molecule has 4 rings (SSSR count). The van der Waals surface area contributed by atoms with Crippen LogP contribution in [0, 0.1) is 17.0 Å². The van der Waals surface area contributed by atoms with Crippen molar-refractivity contribution in [1.82, 2.24) is 18.7 Å². The number of aromatic nitrogens is 4. The largest absolute Gasteiger partial charge is 0.493 e. The molecule has 2 N–H and O–H groups in total. The first kappa shape index (κ1) is 22.9. The van der Waals surface area contributed by atoms with Gasteiger partial charge in [0.2, 0.25) is 5.88 Å². The number of aromatic hydroxyl groups is 1. The Balaban J connectivity index is 1.92. The van der Waals surface area contributed by atoms with E-state index in [0.717, 1.165) is 20.8 Å². The van der Waals surface area contributed by atoms with E-state index < -0.39 is 27.7 Å². The van der Waals surface area contributed by atoms with Gasteiger partial charge in [-0.2, -0.15) is 0 Å². The molecule has 0 amide bonds. The zero-order valence-corrected chi connectivity index (χ0v) is 19.7. The molecule has 0 radical (unpaired) electrons. The molecule has 2 aromatic carbocycles. The molecule has 0 aliphatic heterocycles.